The van der Waals surface area contributed by atoms with Gasteiger partial charge in [-0.1, -0.05) is 5.92 Å². The van der Waals surface area contributed by atoms with E-state index in [0.29, 0.717) is 13.0 Å². The van der Waals surface area contributed by atoms with Crippen molar-refractivity contribution in [1.82, 2.24) is 15.8 Å². The highest BCUT2D eigenvalue weighted by molar-refractivity contribution is 5.95. The third-order valence-electron chi connectivity index (χ3n) is 3.37. The van der Waals surface area contributed by atoms with Crippen LogP contribution in [-0.4, -0.2) is 35.8 Å². The summed E-state index contributed by atoms with van der Waals surface area (Å²) in [4.78, 5) is 25.7. The Hall–Kier alpha value is -2.39. The molecule has 1 heterocycles. The Kier molecular flexibility index (Phi) is 4.90. The monoisotopic (exact) mass is 289 g/mol. The van der Waals surface area contributed by atoms with Crippen LogP contribution in [0.2, 0.25) is 0 Å². The van der Waals surface area contributed by atoms with Gasteiger partial charge in [-0.05, 0) is 43.7 Å². The number of likely N-dealkylation sites (tertiary alicyclic amines) is 1. The lowest BCUT2D eigenvalue weighted by Gasteiger charge is -2.21. The van der Waals surface area contributed by atoms with Gasteiger partial charge in [-0.25, -0.2) is 4.39 Å². The van der Waals surface area contributed by atoms with E-state index in [2.05, 4.69) is 16.8 Å². The summed E-state index contributed by atoms with van der Waals surface area (Å²) in [6.07, 6.45) is 6.86. The van der Waals surface area contributed by atoms with Crippen LogP contribution in [0.15, 0.2) is 24.3 Å². The SMILES string of the molecule is C#CCN1CCC[C@H]1C(=O)NNC(=O)c1ccc(F)cc1. The minimum Gasteiger partial charge on any atom is -0.281 e. The maximum atomic E-state index is 12.8. The Bertz CT molecular complexity index is 565. The van der Waals surface area contributed by atoms with E-state index in [-0.39, 0.29) is 17.5 Å². The fourth-order valence-electron chi connectivity index (χ4n) is 2.30. The quantitative estimate of drug-likeness (QED) is 0.635. The van der Waals surface area contributed by atoms with E-state index in [1.165, 1.54) is 24.3 Å². The van der Waals surface area contributed by atoms with Crippen LogP contribution in [0.4, 0.5) is 4.39 Å². The molecule has 0 aromatic heterocycles. The van der Waals surface area contributed by atoms with Crippen molar-refractivity contribution in [3.05, 3.63) is 35.6 Å². The number of terminal acetylenes is 1. The number of hydrazine groups is 1. The number of carbonyl (C=O) groups is 2. The lowest BCUT2D eigenvalue weighted by Crippen LogP contribution is -2.50. The molecule has 0 bridgehead atoms. The maximum Gasteiger partial charge on any atom is 0.269 e. The minimum absolute atomic E-state index is 0.267. The highest BCUT2D eigenvalue weighted by Crippen LogP contribution is 2.16. The van der Waals surface area contributed by atoms with Crippen LogP contribution in [0.3, 0.4) is 0 Å². The van der Waals surface area contributed by atoms with Gasteiger partial charge in [0.25, 0.3) is 11.8 Å². The van der Waals surface area contributed by atoms with E-state index in [4.69, 9.17) is 6.42 Å². The first-order valence-corrected chi connectivity index (χ1v) is 6.65. The lowest BCUT2D eigenvalue weighted by molar-refractivity contribution is -0.126. The molecule has 0 saturated carbocycles. The van der Waals surface area contributed by atoms with E-state index < -0.39 is 11.7 Å². The van der Waals surface area contributed by atoms with Gasteiger partial charge in [0.1, 0.15) is 5.82 Å². The molecular formula is C15H16FN3O2. The van der Waals surface area contributed by atoms with Gasteiger partial charge in [0.2, 0.25) is 0 Å². The van der Waals surface area contributed by atoms with Crippen molar-refractivity contribution < 1.29 is 14.0 Å². The molecule has 1 fully saturated rings. The average molecular weight is 289 g/mol. The molecule has 0 unspecified atom stereocenters. The molecule has 21 heavy (non-hydrogen) atoms. The summed E-state index contributed by atoms with van der Waals surface area (Å²) in [5.41, 5.74) is 4.97. The molecular weight excluding hydrogens is 273 g/mol. The molecule has 2 rings (SSSR count). The smallest absolute Gasteiger partial charge is 0.269 e. The van der Waals surface area contributed by atoms with Crippen molar-refractivity contribution in [2.24, 2.45) is 0 Å². The second-order valence-electron chi connectivity index (χ2n) is 4.78. The normalized spacial score (nSPS) is 18.0. The van der Waals surface area contributed by atoms with Crippen molar-refractivity contribution in [3.63, 3.8) is 0 Å². The van der Waals surface area contributed by atoms with Crippen LogP contribution in [0.1, 0.15) is 23.2 Å². The van der Waals surface area contributed by atoms with E-state index >= 15 is 0 Å². The van der Waals surface area contributed by atoms with Gasteiger partial charge in [0.15, 0.2) is 0 Å². The van der Waals surface area contributed by atoms with Crippen LogP contribution in [0.25, 0.3) is 0 Å². The number of nitrogens with one attached hydrogen (secondary N) is 2. The van der Waals surface area contributed by atoms with E-state index in [0.717, 1.165) is 13.0 Å². The Labute approximate surface area is 122 Å². The average Bonchev–Trinajstić information content (AvgIpc) is 2.94. The third-order valence-corrected chi connectivity index (χ3v) is 3.37. The van der Waals surface area contributed by atoms with Gasteiger partial charge in [0.05, 0.1) is 12.6 Å². The van der Waals surface area contributed by atoms with Crippen LogP contribution in [0, 0.1) is 18.2 Å². The maximum absolute atomic E-state index is 12.8. The van der Waals surface area contributed by atoms with Crippen molar-refractivity contribution in [3.8, 4) is 12.3 Å². The van der Waals surface area contributed by atoms with Crippen LogP contribution in [0.5, 0.6) is 0 Å². The standard InChI is InChI=1S/C15H16FN3O2/c1-2-9-19-10-3-4-13(19)15(21)18-17-14(20)11-5-7-12(16)8-6-11/h1,5-8,13H,3-4,9-10H2,(H,17,20)(H,18,21)/t13-/m0/s1. The number of amides is 2. The molecule has 2 N–H and O–H groups in total. The predicted molar refractivity (Wildman–Crippen MR) is 75.4 cm³/mol. The first kappa shape index (κ1) is 15.0. The second-order valence-corrected chi connectivity index (χ2v) is 4.78. The van der Waals surface area contributed by atoms with Gasteiger partial charge in [-0.3, -0.25) is 25.3 Å². The number of hydrogen-bond acceptors (Lipinski definition) is 3. The van der Waals surface area contributed by atoms with E-state index in [1.807, 2.05) is 4.90 Å². The van der Waals surface area contributed by atoms with Crippen LogP contribution < -0.4 is 10.9 Å². The zero-order valence-electron chi connectivity index (χ0n) is 11.4. The van der Waals surface area contributed by atoms with Gasteiger partial charge in [-0.2, -0.15) is 0 Å². The summed E-state index contributed by atoms with van der Waals surface area (Å²) in [5, 5.41) is 0. The van der Waals surface area contributed by atoms with Crippen molar-refractivity contribution >= 4 is 11.8 Å². The topological polar surface area (TPSA) is 61.4 Å². The molecule has 0 aliphatic carbocycles. The van der Waals surface area contributed by atoms with Crippen LogP contribution in [-0.2, 0) is 4.79 Å². The lowest BCUT2D eigenvalue weighted by atomic mass is 10.2. The molecule has 1 aromatic carbocycles. The fourth-order valence-corrected chi connectivity index (χ4v) is 2.30. The number of rotatable bonds is 3. The van der Waals surface area contributed by atoms with Gasteiger partial charge >= 0.3 is 0 Å². The molecule has 2 amide bonds. The summed E-state index contributed by atoms with van der Waals surface area (Å²) in [5.74, 6) is 1.30. The first-order valence-electron chi connectivity index (χ1n) is 6.65. The zero-order valence-corrected chi connectivity index (χ0v) is 11.4. The molecule has 1 atom stereocenters. The minimum atomic E-state index is -0.496. The number of nitrogens with zero attached hydrogens (tertiary/aromatic N) is 1. The summed E-state index contributed by atoms with van der Waals surface area (Å²) in [7, 11) is 0. The number of halogens is 1. The molecule has 0 spiro atoms. The summed E-state index contributed by atoms with van der Waals surface area (Å²) < 4.78 is 12.8. The molecule has 5 nitrogen and oxygen atoms in total. The van der Waals surface area contributed by atoms with Crippen molar-refractivity contribution in [2.75, 3.05) is 13.1 Å². The molecule has 1 aliphatic heterocycles. The fraction of sp³-hybridized carbons (Fsp3) is 0.333. The molecule has 0 radical (unpaired) electrons. The van der Waals surface area contributed by atoms with E-state index in [1.54, 1.807) is 0 Å². The number of hydrogen-bond donors (Lipinski definition) is 2. The zero-order chi connectivity index (χ0) is 15.2. The molecule has 110 valence electrons. The van der Waals surface area contributed by atoms with E-state index in [9.17, 15) is 14.0 Å². The summed E-state index contributed by atoms with van der Waals surface area (Å²) in [6.45, 7) is 1.18. The molecule has 1 aliphatic rings. The third kappa shape index (κ3) is 3.80. The van der Waals surface area contributed by atoms with Crippen molar-refractivity contribution in [2.45, 2.75) is 18.9 Å². The largest absolute Gasteiger partial charge is 0.281 e. The molecule has 1 saturated heterocycles. The molecule has 1 aromatic rings. The van der Waals surface area contributed by atoms with Gasteiger partial charge < -0.3 is 0 Å². The Morgan fingerprint density at radius 1 is 1.33 bits per heavy atom. The molecule has 6 heteroatoms. The number of benzene rings is 1. The Balaban J connectivity index is 1.87. The Morgan fingerprint density at radius 3 is 2.71 bits per heavy atom. The number of carbonyl (C=O) groups excluding carboxylic acids is 2. The highest BCUT2D eigenvalue weighted by atomic mass is 19.1. The first-order chi connectivity index (χ1) is 10.1. The summed E-state index contributed by atoms with van der Waals surface area (Å²) >= 11 is 0. The highest BCUT2D eigenvalue weighted by Gasteiger charge is 2.30. The Morgan fingerprint density at radius 2 is 2.05 bits per heavy atom. The summed E-state index contributed by atoms with van der Waals surface area (Å²) in [6, 6.07) is 4.73. The predicted octanol–water partition coefficient (Wildman–Crippen LogP) is 0.684. The van der Waals surface area contributed by atoms with Gasteiger partial charge in [0, 0.05) is 5.56 Å². The van der Waals surface area contributed by atoms with Crippen molar-refractivity contribution in [1.29, 1.82) is 0 Å². The van der Waals surface area contributed by atoms with Crippen LogP contribution >= 0.6 is 0 Å². The second kappa shape index (κ2) is 6.86. The van der Waals surface area contributed by atoms with Gasteiger partial charge in [-0.15, -0.1) is 6.42 Å².